The highest BCUT2D eigenvalue weighted by molar-refractivity contribution is 6.31. The van der Waals surface area contributed by atoms with E-state index in [1.54, 1.807) is 30.3 Å². The van der Waals surface area contributed by atoms with Crippen molar-refractivity contribution in [2.75, 3.05) is 5.43 Å². The quantitative estimate of drug-likeness (QED) is 0.512. The van der Waals surface area contributed by atoms with Crippen molar-refractivity contribution in [3.63, 3.8) is 0 Å². The molecule has 2 N–H and O–H groups in total. The minimum absolute atomic E-state index is 0.0245. The second-order valence-electron chi connectivity index (χ2n) is 5.07. The van der Waals surface area contributed by atoms with Gasteiger partial charge in [-0.25, -0.2) is 14.3 Å². The van der Waals surface area contributed by atoms with E-state index in [1.165, 1.54) is 24.5 Å². The number of aromatic nitrogens is 3. The van der Waals surface area contributed by atoms with Crippen LogP contribution in [0.4, 0.5) is 10.2 Å². The molecule has 26 heavy (non-hydrogen) atoms. The van der Waals surface area contributed by atoms with Gasteiger partial charge in [-0.3, -0.25) is 5.43 Å². The van der Waals surface area contributed by atoms with Gasteiger partial charge in [0.05, 0.1) is 17.4 Å². The molecule has 0 bridgehead atoms. The van der Waals surface area contributed by atoms with Crippen molar-refractivity contribution in [2.24, 2.45) is 5.10 Å². The summed E-state index contributed by atoms with van der Waals surface area (Å²) in [7, 11) is 0. The molecule has 0 fully saturated rings. The Morgan fingerprint density at radius 3 is 2.92 bits per heavy atom. The van der Waals surface area contributed by atoms with Gasteiger partial charge < -0.3 is 4.74 Å². The number of hydrogen-bond donors (Lipinski definition) is 2. The van der Waals surface area contributed by atoms with Gasteiger partial charge in [-0.05, 0) is 24.3 Å². The van der Waals surface area contributed by atoms with Crippen molar-refractivity contribution >= 4 is 23.6 Å². The highest BCUT2D eigenvalue weighted by Crippen LogP contribution is 2.23. The molecule has 1 heterocycles. The lowest BCUT2D eigenvalue weighted by Crippen LogP contribution is -2.13. The summed E-state index contributed by atoms with van der Waals surface area (Å²) in [4.78, 5) is 14.7. The van der Waals surface area contributed by atoms with Crippen LogP contribution >= 0.6 is 11.6 Å². The number of H-pyrrole nitrogens is 1. The maximum absolute atomic E-state index is 13.8. The summed E-state index contributed by atoms with van der Waals surface area (Å²) in [6.45, 7) is -0.0245. The number of aromatic amines is 1. The Hall–Kier alpha value is -3.26. The lowest BCUT2D eigenvalue weighted by molar-refractivity contribution is 0.299. The van der Waals surface area contributed by atoms with E-state index in [2.05, 4.69) is 25.7 Å². The Bertz CT molecular complexity index is 972. The molecule has 7 nitrogen and oxygen atoms in total. The van der Waals surface area contributed by atoms with E-state index in [0.717, 1.165) is 0 Å². The molecule has 0 radical (unpaired) electrons. The molecule has 0 unspecified atom stereocenters. The maximum atomic E-state index is 13.8. The zero-order valence-electron chi connectivity index (χ0n) is 13.3. The molecule has 0 aliphatic carbocycles. The molecule has 0 spiro atoms. The molecular formula is C17H13ClFN5O2. The van der Waals surface area contributed by atoms with Crippen molar-refractivity contribution in [1.29, 1.82) is 0 Å². The minimum atomic E-state index is -0.587. The van der Waals surface area contributed by atoms with Crippen LogP contribution in [0.25, 0.3) is 0 Å². The van der Waals surface area contributed by atoms with Gasteiger partial charge in [0, 0.05) is 11.1 Å². The van der Waals surface area contributed by atoms with Crippen molar-refractivity contribution in [3.05, 3.63) is 81.1 Å². The number of para-hydroxylation sites is 1. The monoisotopic (exact) mass is 373 g/mol. The fraction of sp³-hybridized carbons (Fsp3) is 0.0588. The number of hydrogen-bond acceptors (Lipinski definition) is 6. The molecule has 0 atom stereocenters. The fourth-order valence-electron chi connectivity index (χ4n) is 2.07. The van der Waals surface area contributed by atoms with Crippen LogP contribution in [0.15, 0.2) is 58.6 Å². The third kappa shape index (κ3) is 4.42. The van der Waals surface area contributed by atoms with E-state index in [4.69, 9.17) is 16.3 Å². The fourth-order valence-corrected chi connectivity index (χ4v) is 2.29. The predicted molar refractivity (Wildman–Crippen MR) is 96.1 cm³/mol. The zero-order valence-corrected chi connectivity index (χ0v) is 14.1. The first-order valence-corrected chi connectivity index (χ1v) is 7.87. The number of halogens is 2. The number of hydrazone groups is 1. The molecule has 3 aromatic rings. The van der Waals surface area contributed by atoms with Crippen molar-refractivity contribution < 1.29 is 9.13 Å². The topological polar surface area (TPSA) is 92.3 Å². The summed E-state index contributed by atoms with van der Waals surface area (Å²) in [5, 5.41) is 10.0. The second kappa shape index (κ2) is 8.21. The smallest absolute Gasteiger partial charge is 0.363 e. The highest BCUT2D eigenvalue weighted by atomic mass is 35.5. The molecule has 0 amide bonds. The van der Waals surface area contributed by atoms with E-state index >= 15 is 0 Å². The van der Waals surface area contributed by atoms with Gasteiger partial charge in [0.2, 0.25) is 0 Å². The molecule has 2 aromatic carbocycles. The van der Waals surface area contributed by atoms with E-state index in [9.17, 15) is 9.18 Å². The number of nitrogens with zero attached hydrogens (tertiary/aromatic N) is 3. The van der Waals surface area contributed by atoms with Crippen molar-refractivity contribution in [3.8, 4) is 5.75 Å². The summed E-state index contributed by atoms with van der Waals surface area (Å²) in [6, 6.07) is 11.5. The molecule has 1 aromatic heterocycles. The summed E-state index contributed by atoms with van der Waals surface area (Å²) >= 11 is 6.00. The van der Waals surface area contributed by atoms with Gasteiger partial charge in [-0.15, -0.1) is 0 Å². The number of ether oxygens (including phenoxy) is 1. The predicted octanol–water partition coefficient (Wildman–Crippen LogP) is 2.98. The van der Waals surface area contributed by atoms with Crippen LogP contribution in [0.3, 0.4) is 0 Å². The van der Waals surface area contributed by atoms with Crippen molar-refractivity contribution in [1.82, 2.24) is 15.2 Å². The van der Waals surface area contributed by atoms with Gasteiger partial charge in [0.15, 0.2) is 5.82 Å². The average molecular weight is 374 g/mol. The Morgan fingerprint density at radius 2 is 2.12 bits per heavy atom. The van der Waals surface area contributed by atoms with Gasteiger partial charge in [0.1, 0.15) is 18.2 Å². The second-order valence-corrected chi connectivity index (χ2v) is 5.48. The lowest BCUT2D eigenvalue weighted by atomic mass is 10.2. The summed E-state index contributed by atoms with van der Waals surface area (Å²) < 4.78 is 19.5. The number of anilines is 1. The largest absolute Gasteiger partial charge is 0.488 e. The van der Waals surface area contributed by atoms with Gasteiger partial charge in [-0.2, -0.15) is 15.2 Å². The van der Waals surface area contributed by atoms with Gasteiger partial charge in [0.25, 0.3) is 0 Å². The molecule has 0 saturated heterocycles. The molecule has 3 rings (SSSR count). The van der Waals surface area contributed by atoms with Crippen LogP contribution < -0.4 is 15.9 Å². The first kappa shape index (κ1) is 17.6. The molecule has 132 valence electrons. The molecule has 0 aliphatic rings. The first-order chi connectivity index (χ1) is 12.6. The summed E-state index contributed by atoms with van der Waals surface area (Å²) in [6.07, 6.45) is 2.81. The number of rotatable bonds is 6. The third-order valence-electron chi connectivity index (χ3n) is 3.30. The lowest BCUT2D eigenvalue weighted by Gasteiger charge is -2.10. The van der Waals surface area contributed by atoms with Gasteiger partial charge >= 0.3 is 5.69 Å². The van der Waals surface area contributed by atoms with Gasteiger partial charge in [-0.1, -0.05) is 29.8 Å². The van der Waals surface area contributed by atoms with Crippen LogP contribution in [0, 0.1) is 5.82 Å². The zero-order chi connectivity index (χ0) is 18.4. The van der Waals surface area contributed by atoms with E-state index in [-0.39, 0.29) is 18.0 Å². The molecule has 0 saturated carbocycles. The normalized spacial score (nSPS) is 10.8. The van der Waals surface area contributed by atoms with E-state index in [0.29, 0.717) is 16.3 Å². The van der Waals surface area contributed by atoms with Crippen LogP contribution in [0.2, 0.25) is 5.02 Å². The molecule has 9 heteroatoms. The van der Waals surface area contributed by atoms with E-state index < -0.39 is 11.5 Å². The number of benzene rings is 2. The minimum Gasteiger partial charge on any atom is -0.488 e. The number of nitrogens with one attached hydrogen (secondary N) is 2. The Kier molecular flexibility index (Phi) is 5.55. The standard InChI is InChI=1S/C17H13ClFN5O2/c18-13-5-3-6-14(19)12(13)10-26-15-7-2-1-4-11(15)8-20-23-16-9-21-24-17(25)22-16/h1-9H,10H2,(H2,22,23,24,25)/b20-8+. The Labute approximate surface area is 152 Å². The Morgan fingerprint density at radius 1 is 1.27 bits per heavy atom. The first-order valence-electron chi connectivity index (χ1n) is 7.49. The molecular weight excluding hydrogens is 361 g/mol. The van der Waals surface area contributed by atoms with Crippen LogP contribution in [-0.2, 0) is 6.61 Å². The molecule has 0 aliphatic heterocycles. The average Bonchev–Trinajstić information content (AvgIpc) is 2.62. The maximum Gasteiger partial charge on any atom is 0.363 e. The Balaban J connectivity index is 1.72. The third-order valence-corrected chi connectivity index (χ3v) is 3.66. The van der Waals surface area contributed by atoms with Crippen LogP contribution in [-0.4, -0.2) is 21.4 Å². The summed E-state index contributed by atoms with van der Waals surface area (Å²) in [5.41, 5.74) is 2.92. The highest BCUT2D eigenvalue weighted by Gasteiger charge is 2.09. The van der Waals surface area contributed by atoms with Crippen LogP contribution in [0.5, 0.6) is 5.75 Å². The SMILES string of the molecule is O=c1nc(N/N=C/c2ccccc2OCc2c(F)cccc2Cl)cn[nH]1. The van der Waals surface area contributed by atoms with Crippen LogP contribution in [0.1, 0.15) is 11.1 Å². The van der Waals surface area contributed by atoms with Crippen molar-refractivity contribution in [2.45, 2.75) is 6.61 Å². The van der Waals surface area contributed by atoms with E-state index in [1.807, 2.05) is 0 Å². The summed E-state index contributed by atoms with van der Waals surface area (Å²) in [5.74, 6) is 0.258.